The molecule has 1 aliphatic rings. The van der Waals surface area contributed by atoms with Crippen molar-refractivity contribution >= 4 is 21.6 Å². The molecular weight excluding hydrogens is 461 g/mol. The van der Waals surface area contributed by atoms with Gasteiger partial charge < -0.3 is 10.1 Å². The zero-order chi connectivity index (χ0) is 24.0. The van der Waals surface area contributed by atoms with Gasteiger partial charge in [0.15, 0.2) is 0 Å². The van der Waals surface area contributed by atoms with Gasteiger partial charge in [0.25, 0.3) is 5.91 Å². The van der Waals surface area contributed by atoms with Crippen molar-refractivity contribution in [3.8, 4) is 5.69 Å². The zero-order valence-electron chi connectivity index (χ0n) is 18.5. The highest BCUT2D eigenvalue weighted by molar-refractivity contribution is 7.89. The number of ether oxygens (including phenoxy) is 1. The number of sulfonamides is 1. The minimum Gasteiger partial charge on any atom is -0.379 e. The molecule has 2 aromatic carbocycles. The van der Waals surface area contributed by atoms with Crippen LogP contribution in [0, 0.1) is 5.82 Å². The molecule has 34 heavy (non-hydrogen) atoms. The number of amides is 1. The van der Waals surface area contributed by atoms with Gasteiger partial charge in [0, 0.05) is 31.0 Å². The number of aromatic nitrogens is 2. The molecule has 11 heteroatoms. The first-order chi connectivity index (χ1) is 16.4. The highest BCUT2D eigenvalue weighted by Crippen LogP contribution is 2.17. The van der Waals surface area contributed by atoms with Gasteiger partial charge in [-0.25, -0.2) is 22.5 Å². The lowest BCUT2D eigenvalue weighted by molar-refractivity contribution is 0.0376. The average molecular weight is 488 g/mol. The molecule has 180 valence electrons. The Balaban J connectivity index is 1.33. The Hall–Kier alpha value is -3.12. The Morgan fingerprint density at radius 3 is 2.47 bits per heavy atom. The van der Waals surface area contributed by atoms with Crippen molar-refractivity contribution in [1.29, 1.82) is 0 Å². The van der Waals surface area contributed by atoms with Gasteiger partial charge in [0.05, 0.1) is 30.6 Å². The van der Waals surface area contributed by atoms with E-state index in [0.29, 0.717) is 37.6 Å². The summed E-state index contributed by atoms with van der Waals surface area (Å²) in [5.41, 5.74) is 1.28. The van der Waals surface area contributed by atoms with E-state index in [0.717, 1.165) is 19.6 Å². The van der Waals surface area contributed by atoms with Crippen LogP contribution in [-0.4, -0.2) is 68.2 Å². The van der Waals surface area contributed by atoms with E-state index in [4.69, 9.17) is 4.74 Å². The number of anilines is 1. The predicted molar refractivity (Wildman–Crippen MR) is 125 cm³/mol. The smallest absolute Gasteiger partial charge is 0.274 e. The van der Waals surface area contributed by atoms with Gasteiger partial charge in [-0.2, -0.15) is 0 Å². The molecule has 2 N–H and O–H groups in total. The molecule has 1 amide bonds. The molecule has 0 radical (unpaired) electrons. The molecule has 1 aliphatic heterocycles. The number of nitrogens with zero attached hydrogens (tertiary/aromatic N) is 3. The molecule has 0 spiro atoms. The third-order valence-corrected chi connectivity index (χ3v) is 6.92. The van der Waals surface area contributed by atoms with Gasteiger partial charge in [0.1, 0.15) is 11.5 Å². The standard InChI is InChI=1S/C23H26FN5O4S/c24-18-2-6-20(7-3-18)29-17-25-16-22(29)23(30)27-19-4-8-21(9-5-19)34(31,32)26-10-1-11-28-12-14-33-15-13-28/h2-9,16-17,26H,1,10-15H2,(H,27,30). The molecule has 0 aliphatic carbocycles. The number of hydrogen-bond acceptors (Lipinski definition) is 6. The molecule has 2 heterocycles. The molecule has 0 atom stereocenters. The van der Waals surface area contributed by atoms with Crippen LogP contribution in [0.25, 0.3) is 5.69 Å². The van der Waals surface area contributed by atoms with Crippen LogP contribution in [0.4, 0.5) is 10.1 Å². The molecular formula is C23H26FN5O4S. The highest BCUT2D eigenvalue weighted by Gasteiger charge is 2.16. The maximum atomic E-state index is 13.2. The van der Waals surface area contributed by atoms with Crippen molar-refractivity contribution in [3.63, 3.8) is 0 Å². The van der Waals surface area contributed by atoms with Crippen LogP contribution in [0.15, 0.2) is 66.0 Å². The van der Waals surface area contributed by atoms with Crippen LogP contribution in [0.2, 0.25) is 0 Å². The number of benzene rings is 2. The van der Waals surface area contributed by atoms with Crippen LogP contribution >= 0.6 is 0 Å². The Bertz CT molecular complexity index is 1210. The van der Waals surface area contributed by atoms with Crippen molar-refractivity contribution in [2.24, 2.45) is 0 Å². The first kappa shape index (κ1) is 24.0. The number of halogens is 1. The van der Waals surface area contributed by atoms with Crippen molar-refractivity contribution in [3.05, 3.63) is 72.6 Å². The van der Waals surface area contributed by atoms with Gasteiger partial charge >= 0.3 is 0 Å². The molecule has 1 aromatic heterocycles. The van der Waals surface area contributed by atoms with Gasteiger partial charge in [-0.05, 0) is 61.5 Å². The Labute approximate surface area is 197 Å². The number of carbonyl (C=O) groups excluding carboxylic acids is 1. The summed E-state index contributed by atoms with van der Waals surface area (Å²) >= 11 is 0. The van der Waals surface area contributed by atoms with Crippen LogP contribution in [0.1, 0.15) is 16.9 Å². The lowest BCUT2D eigenvalue weighted by Crippen LogP contribution is -2.38. The quantitative estimate of drug-likeness (QED) is 0.449. The molecule has 3 aromatic rings. The Morgan fingerprint density at radius 1 is 1.06 bits per heavy atom. The van der Waals surface area contributed by atoms with Gasteiger partial charge in [-0.3, -0.25) is 14.3 Å². The fourth-order valence-electron chi connectivity index (χ4n) is 3.60. The summed E-state index contributed by atoms with van der Waals surface area (Å²) in [5, 5.41) is 2.73. The van der Waals surface area contributed by atoms with E-state index >= 15 is 0 Å². The van der Waals surface area contributed by atoms with Gasteiger partial charge in [0.2, 0.25) is 10.0 Å². The van der Waals surface area contributed by atoms with Gasteiger partial charge in [-0.15, -0.1) is 0 Å². The minimum atomic E-state index is -3.65. The molecule has 1 fully saturated rings. The number of morpholine rings is 1. The summed E-state index contributed by atoms with van der Waals surface area (Å²) in [5.74, 6) is -0.810. The van der Waals surface area contributed by atoms with Crippen LogP contribution < -0.4 is 10.0 Å². The molecule has 0 saturated carbocycles. The maximum absolute atomic E-state index is 13.2. The summed E-state index contributed by atoms with van der Waals surface area (Å²) in [6.45, 7) is 4.30. The largest absolute Gasteiger partial charge is 0.379 e. The fourth-order valence-corrected chi connectivity index (χ4v) is 4.67. The van der Waals surface area contributed by atoms with Crippen LogP contribution in [-0.2, 0) is 14.8 Å². The third kappa shape index (κ3) is 6.06. The number of imidazole rings is 1. The Morgan fingerprint density at radius 2 is 1.76 bits per heavy atom. The predicted octanol–water partition coefficient (Wildman–Crippen LogP) is 2.26. The number of carbonyl (C=O) groups is 1. The molecule has 0 bridgehead atoms. The fraction of sp³-hybridized carbons (Fsp3) is 0.304. The molecule has 4 rings (SSSR count). The first-order valence-corrected chi connectivity index (χ1v) is 12.4. The SMILES string of the molecule is O=C(Nc1ccc(S(=O)(=O)NCCCN2CCOCC2)cc1)c1cncn1-c1ccc(F)cc1. The van der Waals surface area contributed by atoms with E-state index in [1.165, 1.54) is 53.5 Å². The lowest BCUT2D eigenvalue weighted by Gasteiger charge is -2.26. The second-order valence-corrected chi connectivity index (χ2v) is 9.58. The van der Waals surface area contributed by atoms with Crippen molar-refractivity contribution < 1.29 is 22.3 Å². The summed E-state index contributed by atoms with van der Waals surface area (Å²) in [7, 11) is -3.65. The number of rotatable bonds is 9. The van der Waals surface area contributed by atoms with E-state index in [1.807, 2.05) is 0 Å². The first-order valence-electron chi connectivity index (χ1n) is 10.9. The van der Waals surface area contributed by atoms with Crippen LogP contribution in [0.5, 0.6) is 0 Å². The van der Waals surface area contributed by atoms with Crippen molar-refractivity contribution in [2.45, 2.75) is 11.3 Å². The second-order valence-electron chi connectivity index (χ2n) is 7.81. The number of hydrogen-bond donors (Lipinski definition) is 2. The van der Waals surface area contributed by atoms with E-state index < -0.39 is 15.9 Å². The Kier molecular flexibility index (Phi) is 7.68. The van der Waals surface area contributed by atoms with Gasteiger partial charge in [-0.1, -0.05) is 0 Å². The normalized spacial score (nSPS) is 14.7. The average Bonchev–Trinajstić information content (AvgIpc) is 3.34. The summed E-state index contributed by atoms with van der Waals surface area (Å²) < 4.78 is 47.8. The van der Waals surface area contributed by atoms with E-state index in [2.05, 4.69) is 19.9 Å². The monoisotopic (exact) mass is 487 g/mol. The van der Waals surface area contributed by atoms with E-state index in [9.17, 15) is 17.6 Å². The number of nitrogens with one attached hydrogen (secondary N) is 2. The lowest BCUT2D eigenvalue weighted by atomic mass is 10.3. The summed E-state index contributed by atoms with van der Waals surface area (Å²) in [6.07, 6.45) is 3.57. The summed E-state index contributed by atoms with van der Waals surface area (Å²) in [4.78, 5) is 19.1. The molecule has 9 nitrogen and oxygen atoms in total. The summed E-state index contributed by atoms with van der Waals surface area (Å²) in [6, 6.07) is 11.6. The second kappa shape index (κ2) is 10.9. The van der Waals surface area contributed by atoms with Crippen molar-refractivity contribution in [2.75, 3.05) is 44.7 Å². The maximum Gasteiger partial charge on any atom is 0.274 e. The highest BCUT2D eigenvalue weighted by atomic mass is 32.2. The topological polar surface area (TPSA) is 106 Å². The molecule has 1 saturated heterocycles. The zero-order valence-corrected chi connectivity index (χ0v) is 19.3. The van der Waals surface area contributed by atoms with E-state index in [1.54, 1.807) is 12.1 Å². The van der Waals surface area contributed by atoms with Crippen molar-refractivity contribution in [1.82, 2.24) is 19.2 Å². The molecule has 0 unspecified atom stereocenters. The van der Waals surface area contributed by atoms with Crippen LogP contribution in [0.3, 0.4) is 0 Å². The van der Waals surface area contributed by atoms with E-state index in [-0.39, 0.29) is 16.4 Å². The minimum absolute atomic E-state index is 0.119. The third-order valence-electron chi connectivity index (χ3n) is 5.45.